The maximum absolute atomic E-state index is 13.1. The number of anilines is 1. The predicted octanol–water partition coefficient (Wildman–Crippen LogP) is 3.52. The van der Waals surface area contributed by atoms with Crippen LogP contribution in [0.2, 0.25) is 0 Å². The van der Waals surface area contributed by atoms with Gasteiger partial charge in [0.15, 0.2) is 11.0 Å². The van der Waals surface area contributed by atoms with E-state index in [1.54, 1.807) is 25.4 Å². The molecule has 0 N–H and O–H groups in total. The summed E-state index contributed by atoms with van der Waals surface area (Å²) in [5, 5.41) is 9.14. The minimum absolute atomic E-state index is 0.0822. The molecule has 0 radical (unpaired) electrons. The second-order valence-corrected chi connectivity index (χ2v) is 7.79. The molecule has 0 aliphatic rings. The van der Waals surface area contributed by atoms with Crippen LogP contribution in [-0.4, -0.2) is 50.5 Å². The van der Waals surface area contributed by atoms with Crippen molar-refractivity contribution in [1.82, 2.24) is 19.7 Å². The van der Waals surface area contributed by atoms with E-state index in [1.807, 2.05) is 47.9 Å². The summed E-state index contributed by atoms with van der Waals surface area (Å²) >= 11 is 1.26. The number of rotatable bonds is 10. The normalized spacial score (nSPS) is 10.6. The summed E-state index contributed by atoms with van der Waals surface area (Å²) < 4.78 is 6.94. The second kappa shape index (κ2) is 11.2. The van der Waals surface area contributed by atoms with Gasteiger partial charge in [0.25, 0.3) is 0 Å². The summed E-state index contributed by atoms with van der Waals surface area (Å²) in [5.41, 5.74) is 2.57. The number of allylic oxidation sites excluding steroid dienone is 1. The number of carbonyl (C=O) groups excluding carboxylic acids is 2. The number of amides is 1. The van der Waals surface area contributed by atoms with Crippen molar-refractivity contribution in [2.75, 3.05) is 23.8 Å². The average molecular weight is 452 g/mol. The number of aromatic nitrogens is 4. The molecular weight excluding hydrogens is 426 g/mol. The van der Waals surface area contributed by atoms with Crippen LogP contribution < -0.4 is 4.90 Å². The van der Waals surface area contributed by atoms with Crippen LogP contribution in [0.25, 0.3) is 11.4 Å². The SMILES string of the molecule is C=CCn1c(SCC(=O)N(CC(=O)OCC)c2ccc(C)cc2)nnc1-c1ccncc1. The summed E-state index contributed by atoms with van der Waals surface area (Å²) in [7, 11) is 0. The summed E-state index contributed by atoms with van der Waals surface area (Å²) in [6, 6.07) is 11.1. The molecule has 9 heteroatoms. The molecule has 0 aliphatic carbocycles. The molecule has 0 unspecified atom stereocenters. The lowest BCUT2D eigenvalue weighted by atomic mass is 10.2. The maximum atomic E-state index is 13.1. The number of esters is 1. The Bertz CT molecular complexity index is 1070. The zero-order valence-corrected chi connectivity index (χ0v) is 18.9. The standard InChI is InChI=1S/C23H25N5O3S/c1-4-14-27-22(18-10-12-24-13-11-18)25-26-23(27)32-16-20(29)28(15-21(30)31-5-2)19-8-6-17(3)7-9-19/h4,6-13H,1,5,14-16H2,2-3H3. The smallest absolute Gasteiger partial charge is 0.326 e. The number of carbonyl (C=O) groups is 2. The molecule has 0 saturated heterocycles. The number of hydrogen-bond donors (Lipinski definition) is 0. The number of thioether (sulfide) groups is 1. The molecule has 8 nitrogen and oxygen atoms in total. The van der Waals surface area contributed by atoms with Crippen molar-refractivity contribution >= 4 is 29.3 Å². The summed E-state index contributed by atoms with van der Waals surface area (Å²) in [4.78, 5) is 30.7. The van der Waals surface area contributed by atoms with E-state index in [0.717, 1.165) is 11.1 Å². The molecule has 2 aromatic heterocycles. The van der Waals surface area contributed by atoms with Gasteiger partial charge in [0.1, 0.15) is 6.54 Å². The Balaban J connectivity index is 1.79. The largest absolute Gasteiger partial charge is 0.465 e. The molecule has 2 heterocycles. The van der Waals surface area contributed by atoms with Gasteiger partial charge in [-0.1, -0.05) is 35.5 Å². The van der Waals surface area contributed by atoms with E-state index >= 15 is 0 Å². The first-order valence-electron chi connectivity index (χ1n) is 10.1. The Hall–Kier alpha value is -3.46. The highest BCUT2D eigenvalue weighted by Gasteiger charge is 2.22. The van der Waals surface area contributed by atoms with Crippen LogP contribution in [0.4, 0.5) is 5.69 Å². The molecule has 166 valence electrons. The van der Waals surface area contributed by atoms with Gasteiger partial charge in [-0.3, -0.25) is 19.1 Å². The van der Waals surface area contributed by atoms with Gasteiger partial charge >= 0.3 is 5.97 Å². The Morgan fingerprint density at radius 2 is 1.88 bits per heavy atom. The van der Waals surface area contributed by atoms with Crippen molar-refractivity contribution in [3.63, 3.8) is 0 Å². The van der Waals surface area contributed by atoms with Crippen molar-refractivity contribution in [3.8, 4) is 11.4 Å². The highest BCUT2D eigenvalue weighted by Crippen LogP contribution is 2.25. The molecule has 1 aromatic carbocycles. The van der Waals surface area contributed by atoms with E-state index in [1.165, 1.54) is 16.7 Å². The van der Waals surface area contributed by atoms with Gasteiger partial charge in [-0.2, -0.15) is 0 Å². The van der Waals surface area contributed by atoms with Crippen LogP contribution in [-0.2, 0) is 20.9 Å². The Morgan fingerprint density at radius 3 is 2.53 bits per heavy atom. The second-order valence-electron chi connectivity index (χ2n) is 6.85. The lowest BCUT2D eigenvalue weighted by molar-refractivity contribution is -0.142. The fourth-order valence-corrected chi connectivity index (χ4v) is 3.82. The zero-order chi connectivity index (χ0) is 22.9. The van der Waals surface area contributed by atoms with E-state index in [2.05, 4.69) is 21.8 Å². The molecule has 0 aliphatic heterocycles. The quantitative estimate of drug-likeness (QED) is 0.265. The Morgan fingerprint density at radius 1 is 1.16 bits per heavy atom. The lowest BCUT2D eigenvalue weighted by Gasteiger charge is -2.22. The molecular formula is C23H25N5O3S. The topological polar surface area (TPSA) is 90.2 Å². The third kappa shape index (κ3) is 5.82. The third-order valence-corrected chi connectivity index (χ3v) is 5.48. The number of aryl methyl sites for hydroxylation is 1. The van der Waals surface area contributed by atoms with Crippen LogP contribution in [0.5, 0.6) is 0 Å². The monoisotopic (exact) mass is 451 g/mol. The first-order chi connectivity index (χ1) is 15.5. The van der Waals surface area contributed by atoms with Crippen molar-refractivity contribution in [1.29, 1.82) is 0 Å². The van der Waals surface area contributed by atoms with Crippen molar-refractivity contribution in [2.24, 2.45) is 0 Å². The molecule has 0 bridgehead atoms. The van der Waals surface area contributed by atoms with Crippen molar-refractivity contribution in [3.05, 3.63) is 67.0 Å². The van der Waals surface area contributed by atoms with Crippen LogP contribution in [0.3, 0.4) is 0 Å². The molecule has 0 saturated carbocycles. The zero-order valence-electron chi connectivity index (χ0n) is 18.1. The van der Waals surface area contributed by atoms with Crippen LogP contribution in [0, 0.1) is 6.92 Å². The van der Waals surface area contributed by atoms with E-state index < -0.39 is 5.97 Å². The van der Waals surface area contributed by atoms with Crippen LogP contribution >= 0.6 is 11.8 Å². The summed E-state index contributed by atoms with van der Waals surface area (Å²) in [6.45, 7) is 8.10. The minimum atomic E-state index is -0.457. The fraction of sp³-hybridized carbons (Fsp3) is 0.261. The molecule has 0 fully saturated rings. The van der Waals surface area contributed by atoms with Gasteiger partial charge in [-0.15, -0.1) is 16.8 Å². The van der Waals surface area contributed by atoms with Gasteiger partial charge in [-0.05, 0) is 38.1 Å². The number of ether oxygens (including phenoxy) is 1. The molecule has 3 rings (SSSR count). The first kappa shape index (κ1) is 23.2. The van der Waals surface area contributed by atoms with E-state index in [-0.39, 0.29) is 24.8 Å². The molecule has 0 spiro atoms. The average Bonchev–Trinajstić information content (AvgIpc) is 3.20. The van der Waals surface area contributed by atoms with Gasteiger partial charge in [0, 0.05) is 30.2 Å². The van der Waals surface area contributed by atoms with E-state index in [9.17, 15) is 9.59 Å². The number of hydrogen-bond acceptors (Lipinski definition) is 7. The summed E-state index contributed by atoms with van der Waals surface area (Å²) in [5.74, 6) is 0.0646. The molecule has 3 aromatic rings. The van der Waals surface area contributed by atoms with Gasteiger partial charge in [0.2, 0.25) is 5.91 Å². The van der Waals surface area contributed by atoms with Crippen LogP contribution in [0.15, 0.2) is 66.6 Å². The maximum Gasteiger partial charge on any atom is 0.326 e. The highest BCUT2D eigenvalue weighted by molar-refractivity contribution is 7.99. The highest BCUT2D eigenvalue weighted by atomic mass is 32.2. The predicted molar refractivity (Wildman–Crippen MR) is 124 cm³/mol. The molecule has 1 amide bonds. The van der Waals surface area contributed by atoms with E-state index in [0.29, 0.717) is 23.2 Å². The van der Waals surface area contributed by atoms with E-state index in [4.69, 9.17) is 4.74 Å². The molecule has 32 heavy (non-hydrogen) atoms. The molecule has 0 atom stereocenters. The van der Waals surface area contributed by atoms with Crippen molar-refractivity contribution < 1.29 is 14.3 Å². The number of benzene rings is 1. The minimum Gasteiger partial charge on any atom is -0.465 e. The third-order valence-electron chi connectivity index (χ3n) is 4.53. The lowest BCUT2D eigenvalue weighted by Crippen LogP contribution is -2.37. The summed E-state index contributed by atoms with van der Waals surface area (Å²) in [6.07, 6.45) is 5.13. The first-order valence-corrected chi connectivity index (χ1v) is 11.1. The van der Waals surface area contributed by atoms with Gasteiger partial charge in [0.05, 0.1) is 12.4 Å². The number of pyridine rings is 1. The van der Waals surface area contributed by atoms with Crippen molar-refractivity contribution in [2.45, 2.75) is 25.5 Å². The van der Waals surface area contributed by atoms with Gasteiger partial charge < -0.3 is 9.64 Å². The van der Waals surface area contributed by atoms with Crippen LogP contribution in [0.1, 0.15) is 12.5 Å². The number of nitrogens with zero attached hydrogens (tertiary/aromatic N) is 5. The fourth-order valence-electron chi connectivity index (χ4n) is 2.99. The Kier molecular flexibility index (Phi) is 8.15. The Labute approximate surface area is 191 Å². The van der Waals surface area contributed by atoms with Gasteiger partial charge in [-0.25, -0.2) is 0 Å².